The van der Waals surface area contributed by atoms with Crippen LogP contribution >= 0.6 is 0 Å². The standard InChI is InChI=1S/C10H18/c1-7(2)4-8-5-9-6-10(8,9)3/h7-9H,4-6H2,1-3H3. The summed E-state index contributed by atoms with van der Waals surface area (Å²) in [5, 5.41) is 0. The molecule has 0 amide bonds. The van der Waals surface area contributed by atoms with E-state index in [9.17, 15) is 0 Å². The predicted molar refractivity (Wildman–Crippen MR) is 43.8 cm³/mol. The van der Waals surface area contributed by atoms with Crippen LogP contribution in [0.3, 0.4) is 0 Å². The highest BCUT2D eigenvalue weighted by atomic mass is 14.7. The molecule has 3 atom stereocenters. The summed E-state index contributed by atoms with van der Waals surface area (Å²) in [4.78, 5) is 0. The molecule has 2 rings (SSSR count). The third kappa shape index (κ3) is 0.741. The van der Waals surface area contributed by atoms with Gasteiger partial charge in [-0.2, -0.15) is 0 Å². The Kier molecular flexibility index (Phi) is 1.19. The summed E-state index contributed by atoms with van der Waals surface area (Å²) in [6.45, 7) is 7.17. The average Bonchev–Trinajstić information content (AvgIpc) is 2.34. The van der Waals surface area contributed by atoms with E-state index in [1.165, 1.54) is 6.42 Å². The van der Waals surface area contributed by atoms with Crippen molar-refractivity contribution in [2.45, 2.75) is 40.0 Å². The van der Waals surface area contributed by atoms with E-state index in [-0.39, 0.29) is 0 Å². The Morgan fingerprint density at radius 1 is 1.50 bits per heavy atom. The summed E-state index contributed by atoms with van der Waals surface area (Å²) in [5.41, 5.74) is 0.838. The lowest BCUT2D eigenvalue weighted by Gasteiger charge is -2.34. The van der Waals surface area contributed by atoms with E-state index in [0.717, 1.165) is 23.2 Å². The third-order valence-corrected chi connectivity index (χ3v) is 3.72. The third-order valence-electron chi connectivity index (χ3n) is 3.72. The summed E-state index contributed by atoms with van der Waals surface area (Å²) in [6, 6.07) is 0. The summed E-state index contributed by atoms with van der Waals surface area (Å²) in [7, 11) is 0. The van der Waals surface area contributed by atoms with Crippen LogP contribution in [-0.2, 0) is 0 Å². The lowest BCUT2D eigenvalue weighted by Crippen LogP contribution is -2.26. The average molecular weight is 138 g/mol. The van der Waals surface area contributed by atoms with Gasteiger partial charge in [-0.1, -0.05) is 20.8 Å². The van der Waals surface area contributed by atoms with Crippen molar-refractivity contribution < 1.29 is 0 Å². The van der Waals surface area contributed by atoms with Crippen LogP contribution in [0.2, 0.25) is 0 Å². The molecule has 0 heterocycles. The number of hydrogen-bond acceptors (Lipinski definition) is 0. The molecular formula is C10H18. The smallest absolute Gasteiger partial charge is 0.0266 e. The van der Waals surface area contributed by atoms with Crippen LogP contribution in [0.15, 0.2) is 0 Å². The molecule has 0 N–H and O–H groups in total. The zero-order chi connectivity index (χ0) is 7.35. The second-order valence-electron chi connectivity index (χ2n) is 4.97. The maximum absolute atomic E-state index is 2.48. The molecule has 10 heavy (non-hydrogen) atoms. The molecule has 0 aliphatic heterocycles. The Labute approximate surface area is 64.0 Å². The maximum atomic E-state index is 2.48. The van der Waals surface area contributed by atoms with E-state index in [2.05, 4.69) is 20.8 Å². The highest BCUT2D eigenvalue weighted by molar-refractivity contribution is 5.12. The van der Waals surface area contributed by atoms with E-state index in [1.807, 2.05) is 0 Å². The lowest BCUT2D eigenvalue weighted by molar-refractivity contribution is 0.148. The van der Waals surface area contributed by atoms with Crippen LogP contribution in [0.25, 0.3) is 0 Å². The Morgan fingerprint density at radius 2 is 2.20 bits per heavy atom. The molecule has 2 aliphatic rings. The summed E-state index contributed by atoms with van der Waals surface area (Å²) in [6.07, 6.45) is 4.58. The number of rotatable bonds is 2. The van der Waals surface area contributed by atoms with Gasteiger partial charge in [0.05, 0.1) is 0 Å². The molecule has 2 aliphatic carbocycles. The molecule has 0 saturated heterocycles. The minimum atomic E-state index is 0.838. The van der Waals surface area contributed by atoms with Gasteiger partial charge in [-0.15, -0.1) is 0 Å². The normalized spacial score (nSPS) is 50.4. The van der Waals surface area contributed by atoms with E-state index < -0.39 is 0 Å². The van der Waals surface area contributed by atoms with Crippen LogP contribution in [0, 0.1) is 23.2 Å². The highest BCUT2D eigenvalue weighted by Crippen LogP contribution is 2.71. The fourth-order valence-corrected chi connectivity index (χ4v) is 2.71. The van der Waals surface area contributed by atoms with E-state index in [0.29, 0.717) is 0 Å². The number of fused-ring (bicyclic) bond motifs is 1. The van der Waals surface area contributed by atoms with Crippen molar-refractivity contribution in [1.29, 1.82) is 0 Å². The fraction of sp³-hybridized carbons (Fsp3) is 1.00. The van der Waals surface area contributed by atoms with Crippen molar-refractivity contribution in [1.82, 2.24) is 0 Å². The molecule has 2 saturated carbocycles. The maximum Gasteiger partial charge on any atom is -0.0266 e. The zero-order valence-corrected chi connectivity index (χ0v) is 7.35. The molecule has 0 aromatic rings. The van der Waals surface area contributed by atoms with Gasteiger partial charge in [-0.05, 0) is 42.4 Å². The Hall–Kier alpha value is 0. The molecule has 0 aromatic carbocycles. The first-order valence-corrected chi connectivity index (χ1v) is 4.63. The molecule has 0 spiro atoms. The second-order valence-corrected chi connectivity index (χ2v) is 4.97. The van der Waals surface area contributed by atoms with Gasteiger partial charge in [0.25, 0.3) is 0 Å². The fourth-order valence-electron chi connectivity index (χ4n) is 2.71. The first kappa shape index (κ1) is 6.69. The number of hydrogen-bond donors (Lipinski definition) is 0. The zero-order valence-electron chi connectivity index (χ0n) is 7.35. The quantitative estimate of drug-likeness (QED) is 0.550. The lowest BCUT2D eigenvalue weighted by atomic mass is 9.70. The van der Waals surface area contributed by atoms with Crippen molar-refractivity contribution in [3.8, 4) is 0 Å². The Balaban J connectivity index is 1.86. The van der Waals surface area contributed by atoms with Crippen molar-refractivity contribution in [3.05, 3.63) is 0 Å². The van der Waals surface area contributed by atoms with Crippen LogP contribution in [0.5, 0.6) is 0 Å². The molecule has 0 nitrogen and oxygen atoms in total. The van der Waals surface area contributed by atoms with Gasteiger partial charge in [0.1, 0.15) is 0 Å². The van der Waals surface area contributed by atoms with Crippen LogP contribution in [-0.4, -0.2) is 0 Å². The van der Waals surface area contributed by atoms with E-state index in [4.69, 9.17) is 0 Å². The van der Waals surface area contributed by atoms with Gasteiger partial charge >= 0.3 is 0 Å². The molecule has 58 valence electrons. The van der Waals surface area contributed by atoms with Crippen LogP contribution in [0.4, 0.5) is 0 Å². The van der Waals surface area contributed by atoms with Crippen molar-refractivity contribution in [2.24, 2.45) is 23.2 Å². The minimum absolute atomic E-state index is 0.838. The molecule has 0 radical (unpaired) electrons. The first-order chi connectivity index (χ1) is 4.63. The second kappa shape index (κ2) is 1.78. The molecule has 0 bridgehead atoms. The van der Waals surface area contributed by atoms with Crippen LogP contribution < -0.4 is 0 Å². The molecule has 2 fully saturated rings. The van der Waals surface area contributed by atoms with E-state index in [1.54, 1.807) is 12.8 Å². The van der Waals surface area contributed by atoms with E-state index >= 15 is 0 Å². The molecule has 0 heteroatoms. The van der Waals surface area contributed by atoms with Crippen molar-refractivity contribution >= 4 is 0 Å². The topological polar surface area (TPSA) is 0 Å². The van der Waals surface area contributed by atoms with Gasteiger partial charge in [-0.25, -0.2) is 0 Å². The largest absolute Gasteiger partial charge is 0.0628 e. The molecular weight excluding hydrogens is 120 g/mol. The van der Waals surface area contributed by atoms with Gasteiger partial charge in [0.2, 0.25) is 0 Å². The van der Waals surface area contributed by atoms with Crippen molar-refractivity contribution in [3.63, 3.8) is 0 Å². The summed E-state index contributed by atoms with van der Waals surface area (Å²) in [5.74, 6) is 3.16. The van der Waals surface area contributed by atoms with Gasteiger partial charge in [0, 0.05) is 0 Å². The Morgan fingerprint density at radius 3 is 2.50 bits per heavy atom. The van der Waals surface area contributed by atoms with Gasteiger partial charge < -0.3 is 0 Å². The van der Waals surface area contributed by atoms with Gasteiger partial charge in [-0.3, -0.25) is 0 Å². The van der Waals surface area contributed by atoms with Crippen molar-refractivity contribution in [2.75, 3.05) is 0 Å². The SMILES string of the molecule is CC(C)CC1CC2CC12C. The summed E-state index contributed by atoms with van der Waals surface area (Å²) >= 11 is 0. The Bertz CT molecular complexity index is 148. The first-order valence-electron chi connectivity index (χ1n) is 4.63. The monoisotopic (exact) mass is 138 g/mol. The minimum Gasteiger partial charge on any atom is -0.0628 e. The predicted octanol–water partition coefficient (Wildman–Crippen LogP) is 3.08. The molecule has 3 unspecified atom stereocenters. The van der Waals surface area contributed by atoms with Crippen LogP contribution in [0.1, 0.15) is 40.0 Å². The highest BCUT2D eigenvalue weighted by Gasteiger charge is 2.63. The molecule has 0 aromatic heterocycles. The van der Waals surface area contributed by atoms with Gasteiger partial charge in [0.15, 0.2) is 0 Å². The summed E-state index contributed by atoms with van der Waals surface area (Å²) < 4.78 is 0.